The van der Waals surface area contributed by atoms with Gasteiger partial charge in [0, 0.05) is 12.2 Å². The third-order valence-corrected chi connectivity index (χ3v) is 5.41. The predicted octanol–water partition coefficient (Wildman–Crippen LogP) is 4.20. The maximum absolute atomic E-state index is 12.6. The molecule has 2 aromatic heterocycles. The van der Waals surface area contributed by atoms with E-state index in [-0.39, 0.29) is 11.9 Å². The van der Waals surface area contributed by atoms with E-state index in [1.54, 1.807) is 16.9 Å². The van der Waals surface area contributed by atoms with Gasteiger partial charge in [-0.2, -0.15) is 10.1 Å². The number of benzene rings is 1. The zero-order valence-corrected chi connectivity index (χ0v) is 16.8. The van der Waals surface area contributed by atoms with E-state index in [4.69, 9.17) is 6.42 Å². The molecule has 0 aliphatic carbocycles. The minimum Gasteiger partial charge on any atom is -0.305 e. The van der Waals surface area contributed by atoms with Gasteiger partial charge in [0.2, 0.25) is 0 Å². The molecule has 0 bridgehead atoms. The summed E-state index contributed by atoms with van der Waals surface area (Å²) in [5, 5.41) is 4.31. The Labute approximate surface area is 163 Å². The van der Waals surface area contributed by atoms with Gasteiger partial charge in [0.05, 0.1) is 16.8 Å². The molecule has 3 aromatic rings. The second kappa shape index (κ2) is 8.36. The smallest absolute Gasteiger partial charge is 0.300 e. The molecular weight excluding hydrogens is 356 g/mol. The SMILES string of the molecule is C#CCn1c(=NC(=O)c2ccn(C(C)C)n2)sc2cc(CCCC)ccc21. The Balaban J connectivity index is 2.02. The molecule has 1 aromatic carbocycles. The minimum atomic E-state index is -0.349. The molecule has 0 fully saturated rings. The zero-order valence-electron chi connectivity index (χ0n) is 16.0. The fourth-order valence-electron chi connectivity index (χ4n) is 2.87. The summed E-state index contributed by atoms with van der Waals surface area (Å²) >= 11 is 1.49. The van der Waals surface area contributed by atoms with Crippen LogP contribution in [0, 0.1) is 12.3 Å². The molecule has 0 radical (unpaired) electrons. The van der Waals surface area contributed by atoms with Crippen molar-refractivity contribution >= 4 is 27.5 Å². The average molecular weight is 381 g/mol. The molecule has 1 amide bonds. The quantitative estimate of drug-likeness (QED) is 0.602. The van der Waals surface area contributed by atoms with Crippen LogP contribution in [-0.2, 0) is 13.0 Å². The van der Waals surface area contributed by atoms with Crippen LogP contribution in [0.3, 0.4) is 0 Å². The van der Waals surface area contributed by atoms with Crippen molar-refractivity contribution in [1.82, 2.24) is 14.3 Å². The van der Waals surface area contributed by atoms with E-state index in [2.05, 4.69) is 41.1 Å². The lowest BCUT2D eigenvalue weighted by Crippen LogP contribution is -2.16. The number of fused-ring (bicyclic) bond motifs is 1. The van der Waals surface area contributed by atoms with Crippen LogP contribution in [0.5, 0.6) is 0 Å². The summed E-state index contributed by atoms with van der Waals surface area (Å²) in [5.41, 5.74) is 2.65. The van der Waals surface area contributed by atoms with Crippen LogP contribution in [0.15, 0.2) is 35.5 Å². The third-order valence-electron chi connectivity index (χ3n) is 4.37. The van der Waals surface area contributed by atoms with Crippen LogP contribution in [0.4, 0.5) is 0 Å². The number of terminal acetylenes is 1. The molecule has 0 saturated carbocycles. The van der Waals surface area contributed by atoms with E-state index in [0.29, 0.717) is 17.0 Å². The molecule has 0 spiro atoms. The van der Waals surface area contributed by atoms with Crippen molar-refractivity contribution in [2.45, 2.75) is 52.6 Å². The molecule has 0 unspecified atom stereocenters. The van der Waals surface area contributed by atoms with Gasteiger partial charge in [0.1, 0.15) is 0 Å². The van der Waals surface area contributed by atoms with Gasteiger partial charge in [-0.25, -0.2) is 0 Å². The largest absolute Gasteiger partial charge is 0.305 e. The second-order valence-corrected chi connectivity index (χ2v) is 7.78. The molecule has 6 heteroatoms. The van der Waals surface area contributed by atoms with Gasteiger partial charge >= 0.3 is 0 Å². The second-order valence-electron chi connectivity index (χ2n) is 6.77. The number of hydrogen-bond acceptors (Lipinski definition) is 3. The monoisotopic (exact) mass is 380 g/mol. The number of amides is 1. The summed E-state index contributed by atoms with van der Waals surface area (Å²) in [7, 11) is 0. The van der Waals surface area contributed by atoms with Crippen LogP contribution >= 0.6 is 11.3 Å². The number of rotatable bonds is 6. The Morgan fingerprint density at radius 3 is 2.85 bits per heavy atom. The van der Waals surface area contributed by atoms with Gasteiger partial charge in [0.25, 0.3) is 5.91 Å². The van der Waals surface area contributed by atoms with Crippen molar-refractivity contribution < 1.29 is 4.79 Å². The van der Waals surface area contributed by atoms with E-state index in [1.165, 1.54) is 16.9 Å². The lowest BCUT2D eigenvalue weighted by atomic mass is 10.1. The van der Waals surface area contributed by atoms with Crippen molar-refractivity contribution in [1.29, 1.82) is 0 Å². The highest BCUT2D eigenvalue weighted by molar-refractivity contribution is 7.16. The van der Waals surface area contributed by atoms with Crippen molar-refractivity contribution in [2.24, 2.45) is 4.99 Å². The van der Waals surface area contributed by atoms with Crippen molar-refractivity contribution in [3.05, 3.63) is 46.5 Å². The Morgan fingerprint density at radius 1 is 1.37 bits per heavy atom. The number of carbonyl (C=O) groups excluding carboxylic acids is 1. The molecule has 27 heavy (non-hydrogen) atoms. The third kappa shape index (κ3) is 4.20. The highest BCUT2D eigenvalue weighted by atomic mass is 32.1. The lowest BCUT2D eigenvalue weighted by molar-refractivity contribution is 0.0992. The lowest BCUT2D eigenvalue weighted by Gasteiger charge is -2.03. The molecule has 0 atom stereocenters. The van der Waals surface area contributed by atoms with Crippen molar-refractivity contribution in [3.63, 3.8) is 0 Å². The van der Waals surface area contributed by atoms with Gasteiger partial charge in [-0.3, -0.25) is 9.48 Å². The van der Waals surface area contributed by atoms with E-state index < -0.39 is 0 Å². The summed E-state index contributed by atoms with van der Waals surface area (Å²) in [6.45, 7) is 6.59. The number of carbonyl (C=O) groups is 1. The number of hydrogen-bond donors (Lipinski definition) is 0. The molecule has 5 nitrogen and oxygen atoms in total. The number of aromatic nitrogens is 3. The number of unbranched alkanes of at least 4 members (excludes halogenated alkanes) is 1. The van der Waals surface area contributed by atoms with Gasteiger partial charge in [-0.05, 0) is 50.5 Å². The van der Waals surface area contributed by atoms with Crippen LogP contribution in [-0.4, -0.2) is 20.3 Å². The first kappa shape index (κ1) is 19.1. The van der Waals surface area contributed by atoms with Gasteiger partial charge < -0.3 is 4.57 Å². The van der Waals surface area contributed by atoms with Gasteiger partial charge in [-0.15, -0.1) is 6.42 Å². The van der Waals surface area contributed by atoms with Crippen LogP contribution in [0.1, 0.15) is 55.7 Å². The molecule has 0 aliphatic heterocycles. The molecular formula is C21H24N4OS. The fraction of sp³-hybridized carbons (Fsp3) is 0.381. The maximum Gasteiger partial charge on any atom is 0.300 e. The molecule has 0 aliphatic rings. The first-order chi connectivity index (χ1) is 13.0. The van der Waals surface area contributed by atoms with Gasteiger partial charge in [-0.1, -0.05) is 36.7 Å². The summed E-state index contributed by atoms with van der Waals surface area (Å²) in [5.74, 6) is 2.31. The van der Waals surface area contributed by atoms with E-state index >= 15 is 0 Å². The predicted molar refractivity (Wildman–Crippen MR) is 110 cm³/mol. The van der Waals surface area contributed by atoms with Gasteiger partial charge in [0.15, 0.2) is 10.5 Å². The summed E-state index contributed by atoms with van der Waals surface area (Å²) in [6.07, 6.45) is 10.7. The zero-order chi connectivity index (χ0) is 19.4. The average Bonchev–Trinajstić information content (AvgIpc) is 3.26. The topological polar surface area (TPSA) is 52.2 Å². The van der Waals surface area contributed by atoms with Crippen molar-refractivity contribution in [2.75, 3.05) is 0 Å². The van der Waals surface area contributed by atoms with Crippen LogP contribution in [0.2, 0.25) is 0 Å². The molecule has 2 heterocycles. The van der Waals surface area contributed by atoms with E-state index in [1.807, 2.05) is 18.4 Å². The summed E-state index contributed by atoms with van der Waals surface area (Å²) in [6, 6.07) is 8.29. The van der Waals surface area contributed by atoms with Crippen molar-refractivity contribution in [3.8, 4) is 12.3 Å². The van der Waals surface area contributed by atoms with Crippen LogP contribution in [0.25, 0.3) is 10.2 Å². The summed E-state index contributed by atoms with van der Waals surface area (Å²) < 4.78 is 4.77. The first-order valence-corrected chi connectivity index (χ1v) is 10.0. The number of thiazole rings is 1. The fourth-order valence-corrected chi connectivity index (χ4v) is 3.96. The molecule has 0 N–H and O–H groups in total. The Hall–Kier alpha value is -2.65. The van der Waals surface area contributed by atoms with Crippen LogP contribution < -0.4 is 4.80 Å². The molecule has 140 valence electrons. The standard InChI is InChI=1S/C21H24N4OS/c1-5-7-8-16-9-10-18-19(14-16)27-21(24(18)12-6-2)22-20(26)17-11-13-25(23-17)15(3)4/h2,9-11,13-15H,5,7-8,12H2,1,3-4H3. The highest BCUT2D eigenvalue weighted by Crippen LogP contribution is 2.20. The minimum absolute atomic E-state index is 0.198. The first-order valence-electron chi connectivity index (χ1n) is 9.23. The molecule has 0 saturated heterocycles. The maximum atomic E-state index is 12.6. The molecule has 3 rings (SSSR count). The Kier molecular flexibility index (Phi) is 5.92. The van der Waals surface area contributed by atoms with E-state index in [0.717, 1.165) is 29.5 Å². The number of nitrogens with zero attached hydrogens (tertiary/aromatic N) is 4. The van der Waals surface area contributed by atoms with E-state index in [9.17, 15) is 4.79 Å². The Morgan fingerprint density at radius 2 is 2.19 bits per heavy atom. The Bertz CT molecular complexity index is 1060. The highest BCUT2D eigenvalue weighted by Gasteiger charge is 2.12. The number of aryl methyl sites for hydroxylation is 1. The summed E-state index contributed by atoms with van der Waals surface area (Å²) in [4.78, 5) is 17.5. The normalized spacial score (nSPS) is 12.0.